The van der Waals surface area contributed by atoms with Gasteiger partial charge < -0.3 is 9.72 Å². The number of rotatable bonds is 5. The summed E-state index contributed by atoms with van der Waals surface area (Å²) in [4.78, 5) is 19.5. The van der Waals surface area contributed by atoms with Gasteiger partial charge in [0.15, 0.2) is 0 Å². The molecule has 0 bridgehead atoms. The molecule has 1 N–H and O–H groups in total. The lowest BCUT2D eigenvalue weighted by Gasteiger charge is -2.09. The van der Waals surface area contributed by atoms with Crippen molar-refractivity contribution in [1.29, 1.82) is 0 Å². The molecule has 23 heavy (non-hydrogen) atoms. The molecule has 0 aliphatic rings. The molecule has 0 fully saturated rings. The molecule has 122 valence electrons. The number of ether oxygens (including phenoxy) is 1. The van der Waals surface area contributed by atoms with Crippen LogP contribution in [0.4, 0.5) is 0 Å². The monoisotopic (exact) mass is 312 g/mol. The second-order valence-corrected chi connectivity index (χ2v) is 5.58. The summed E-state index contributed by atoms with van der Waals surface area (Å²) in [5, 5.41) is 0. The van der Waals surface area contributed by atoms with E-state index in [4.69, 9.17) is 4.74 Å². The van der Waals surface area contributed by atoms with E-state index in [9.17, 15) is 4.79 Å². The number of aryl methyl sites for hydroxylation is 4. The van der Waals surface area contributed by atoms with Gasteiger partial charge in [-0.3, -0.25) is 4.79 Å². The molecule has 0 radical (unpaired) electrons. The van der Waals surface area contributed by atoms with Crippen LogP contribution in [-0.2, 0) is 12.8 Å². The minimum Gasteiger partial charge on any atom is -0.481 e. The van der Waals surface area contributed by atoms with Gasteiger partial charge in [0.05, 0.1) is 7.11 Å². The number of aromatic amines is 1. The highest BCUT2D eigenvalue weighted by Gasteiger charge is 2.07. The molecule has 0 aliphatic carbocycles. The van der Waals surface area contributed by atoms with Gasteiger partial charge in [-0.25, -0.2) is 4.98 Å². The van der Waals surface area contributed by atoms with E-state index in [1.807, 2.05) is 32.1 Å². The molecule has 2 rings (SSSR count). The molecule has 0 aliphatic heterocycles. The summed E-state index contributed by atoms with van der Waals surface area (Å²) >= 11 is 0. The molecule has 2 heterocycles. The van der Waals surface area contributed by atoms with Crippen LogP contribution in [0.3, 0.4) is 0 Å². The molecule has 0 amide bonds. The SMILES string of the molecule is CCc1cc(/C=C/c2cc(CC)c(C)[nH]c2=O)c(OC)nc1C. The van der Waals surface area contributed by atoms with Gasteiger partial charge in [0.25, 0.3) is 5.56 Å². The van der Waals surface area contributed by atoms with Crippen molar-refractivity contribution in [3.05, 3.63) is 56.1 Å². The number of aromatic nitrogens is 2. The maximum atomic E-state index is 12.1. The van der Waals surface area contributed by atoms with E-state index in [-0.39, 0.29) is 5.56 Å². The number of H-pyrrole nitrogens is 1. The highest BCUT2D eigenvalue weighted by Crippen LogP contribution is 2.22. The summed E-state index contributed by atoms with van der Waals surface area (Å²) in [5.74, 6) is 0.579. The van der Waals surface area contributed by atoms with Gasteiger partial charge in [0.2, 0.25) is 5.88 Å². The highest BCUT2D eigenvalue weighted by atomic mass is 16.5. The molecule has 0 aromatic carbocycles. The topological polar surface area (TPSA) is 55.0 Å². The van der Waals surface area contributed by atoms with Gasteiger partial charge in [-0.15, -0.1) is 0 Å². The third-order valence-electron chi connectivity index (χ3n) is 4.08. The lowest BCUT2D eigenvalue weighted by atomic mass is 10.1. The summed E-state index contributed by atoms with van der Waals surface area (Å²) in [6, 6.07) is 4.01. The lowest BCUT2D eigenvalue weighted by molar-refractivity contribution is 0.395. The Bertz CT molecular complexity index is 789. The minimum atomic E-state index is -0.0781. The van der Waals surface area contributed by atoms with Gasteiger partial charge in [-0.1, -0.05) is 13.8 Å². The molecule has 4 nitrogen and oxygen atoms in total. The molecular weight excluding hydrogens is 288 g/mol. The average Bonchev–Trinajstić information content (AvgIpc) is 2.54. The molecule has 2 aromatic heterocycles. The number of methoxy groups -OCH3 is 1. The van der Waals surface area contributed by atoms with Gasteiger partial charge in [-0.05, 0) is 62.1 Å². The molecule has 0 atom stereocenters. The maximum absolute atomic E-state index is 12.1. The number of nitrogens with zero attached hydrogens (tertiary/aromatic N) is 1. The molecule has 4 heteroatoms. The zero-order valence-corrected chi connectivity index (χ0v) is 14.5. The first-order valence-corrected chi connectivity index (χ1v) is 7.95. The smallest absolute Gasteiger partial charge is 0.255 e. The summed E-state index contributed by atoms with van der Waals surface area (Å²) < 4.78 is 5.36. The number of hydrogen-bond donors (Lipinski definition) is 1. The van der Waals surface area contributed by atoms with Crippen LogP contribution in [0, 0.1) is 13.8 Å². The maximum Gasteiger partial charge on any atom is 0.255 e. The third-order valence-corrected chi connectivity index (χ3v) is 4.08. The molecule has 0 saturated heterocycles. The van der Waals surface area contributed by atoms with Crippen molar-refractivity contribution in [2.75, 3.05) is 7.11 Å². The van der Waals surface area contributed by atoms with Crippen LogP contribution < -0.4 is 10.3 Å². The molecule has 0 unspecified atom stereocenters. The number of nitrogens with one attached hydrogen (secondary N) is 1. The fraction of sp³-hybridized carbons (Fsp3) is 0.368. The van der Waals surface area contributed by atoms with E-state index in [1.165, 1.54) is 5.56 Å². The van der Waals surface area contributed by atoms with Crippen LogP contribution in [-0.4, -0.2) is 17.1 Å². The first-order valence-electron chi connectivity index (χ1n) is 7.95. The van der Waals surface area contributed by atoms with E-state index in [1.54, 1.807) is 7.11 Å². The number of hydrogen-bond acceptors (Lipinski definition) is 3. The fourth-order valence-corrected chi connectivity index (χ4v) is 2.64. The average molecular weight is 312 g/mol. The molecule has 2 aromatic rings. The predicted octanol–water partition coefficient (Wildman–Crippen LogP) is 3.69. The van der Waals surface area contributed by atoms with E-state index in [2.05, 4.69) is 29.9 Å². The van der Waals surface area contributed by atoms with Crippen LogP contribution in [0.2, 0.25) is 0 Å². The van der Waals surface area contributed by atoms with Crippen molar-refractivity contribution in [3.63, 3.8) is 0 Å². The normalized spacial score (nSPS) is 11.2. The largest absolute Gasteiger partial charge is 0.481 e. The first-order chi connectivity index (χ1) is 11.0. The van der Waals surface area contributed by atoms with Crippen molar-refractivity contribution in [1.82, 2.24) is 9.97 Å². The van der Waals surface area contributed by atoms with Crippen LogP contribution in [0.15, 0.2) is 16.9 Å². The molecular formula is C19H24N2O2. The summed E-state index contributed by atoms with van der Waals surface area (Å²) in [6.45, 7) is 8.08. The molecule has 0 spiro atoms. The Morgan fingerprint density at radius 3 is 2.30 bits per heavy atom. The second kappa shape index (κ2) is 7.27. The van der Waals surface area contributed by atoms with Crippen LogP contribution in [0.25, 0.3) is 12.2 Å². The summed E-state index contributed by atoms with van der Waals surface area (Å²) in [6.07, 6.45) is 5.52. The summed E-state index contributed by atoms with van der Waals surface area (Å²) in [5.41, 5.74) is 5.68. The summed E-state index contributed by atoms with van der Waals surface area (Å²) in [7, 11) is 1.61. The van der Waals surface area contributed by atoms with E-state index >= 15 is 0 Å². The number of pyridine rings is 2. The quantitative estimate of drug-likeness (QED) is 0.916. The Balaban J connectivity index is 2.46. The van der Waals surface area contributed by atoms with Crippen molar-refractivity contribution in [2.24, 2.45) is 0 Å². The Hall–Kier alpha value is -2.36. The van der Waals surface area contributed by atoms with Crippen LogP contribution >= 0.6 is 0 Å². The predicted molar refractivity (Wildman–Crippen MR) is 95.0 cm³/mol. The first kappa shape index (κ1) is 17.0. The van der Waals surface area contributed by atoms with Crippen molar-refractivity contribution in [2.45, 2.75) is 40.5 Å². The zero-order chi connectivity index (χ0) is 17.0. The minimum absolute atomic E-state index is 0.0781. The van der Waals surface area contributed by atoms with Gasteiger partial charge in [0.1, 0.15) is 0 Å². The van der Waals surface area contributed by atoms with Gasteiger partial charge in [-0.2, -0.15) is 0 Å². The van der Waals surface area contributed by atoms with Crippen molar-refractivity contribution >= 4 is 12.2 Å². The fourth-order valence-electron chi connectivity index (χ4n) is 2.64. The van der Waals surface area contributed by atoms with E-state index in [0.29, 0.717) is 11.4 Å². The lowest BCUT2D eigenvalue weighted by Crippen LogP contribution is -2.12. The molecule has 0 saturated carbocycles. The van der Waals surface area contributed by atoms with Crippen LogP contribution in [0.1, 0.15) is 47.5 Å². The Morgan fingerprint density at radius 1 is 1.09 bits per heavy atom. The highest BCUT2D eigenvalue weighted by molar-refractivity contribution is 5.72. The standard InChI is InChI=1S/C19H24N2O2/c1-6-14-10-16(18(22)20-12(14)3)8-9-17-11-15(7-2)13(4)21-19(17)23-5/h8-11H,6-7H2,1-5H3,(H,20,22)/b9-8+. The second-order valence-electron chi connectivity index (χ2n) is 5.58. The van der Waals surface area contributed by atoms with Crippen molar-refractivity contribution < 1.29 is 4.74 Å². The Labute approximate surface area is 137 Å². The van der Waals surface area contributed by atoms with Crippen LogP contribution in [0.5, 0.6) is 5.88 Å². The third kappa shape index (κ3) is 3.70. The zero-order valence-electron chi connectivity index (χ0n) is 14.5. The van der Waals surface area contributed by atoms with E-state index < -0.39 is 0 Å². The van der Waals surface area contributed by atoms with Gasteiger partial charge in [0, 0.05) is 22.5 Å². The van der Waals surface area contributed by atoms with Crippen molar-refractivity contribution in [3.8, 4) is 5.88 Å². The Morgan fingerprint density at radius 2 is 1.70 bits per heavy atom. The van der Waals surface area contributed by atoms with E-state index in [0.717, 1.165) is 35.4 Å². The van der Waals surface area contributed by atoms with Gasteiger partial charge >= 0.3 is 0 Å². The Kier molecular flexibility index (Phi) is 5.37.